The van der Waals surface area contributed by atoms with Gasteiger partial charge in [0.1, 0.15) is 6.10 Å². The van der Waals surface area contributed by atoms with Crippen LogP contribution in [0.1, 0.15) is 58.6 Å². The molecule has 0 amide bonds. The number of cyclic esters (lactones) is 1. The van der Waals surface area contributed by atoms with Gasteiger partial charge >= 0.3 is 11.9 Å². The molecule has 33 heavy (non-hydrogen) atoms. The highest BCUT2D eigenvalue weighted by Gasteiger charge is 2.59. The average molecular weight is 453 g/mol. The molecular weight excluding hydrogens is 420 g/mol. The number of ketones is 1. The maximum Gasteiger partial charge on any atom is 0.331 e. The molecule has 1 aromatic rings. The van der Waals surface area contributed by atoms with Gasteiger partial charge in [-0.15, -0.1) is 0 Å². The lowest BCUT2D eigenvalue weighted by Crippen LogP contribution is -2.53. The van der Waals surface area contributed by atoms with Crippen molar-refractivity contribution >= 4 is 17.7 Å². The first-order chi connectivity index (χ1) is 15.4. The molecule has 2 heterocycles. The van der Waals surface area contributed by atoms with Gasteiger partial charge in [-0.1, -0.05) is 40.3 Å². The van der Waals surface area contributed by atoms with Gasteiger partial charge in [0, 0.05) is 22.5 Å². The molecule has 0 radical (unpaired) electrons. The minimum atomic E-state index is -0.863. The monoisotopic (exact) mass is 452 g/mol. The molecule has 4 rings (SSSR count). The number of furan rings is 1. The molecular formula is C27H32O6. The number of hydrogen-bond acceptors (Lipinski definition) is 6. The second kappa shape index (κ2) is 7.86. The quantitative estimate of drug-likeness (QED) is 0.589. The Hall–Kier alpha value is -2.89. The third-order valence-electron chi connectivity index (χ3n) is 8.39. The standard InChI is InChI=1S/C27H32O6/c1-16-18(27(5)20(14-22(29)31-6)25(2,3)10-8-21(27)28)7-11-26(4)19(16)13-23(30)33-24(26)17-9-12-32-15-17/h8-10,12-13,15,18,20,24H,1,7,11,14H2,2-6H3/t18-,20+,24-,26+,27-/m0/s1. The number of rotatable bonds is 4. The van der Waals surface area contributed by atoms with Crippen LogP contribution in [0.5, 0.6) is 0 Å². The van der Waals surface area contributed by atoms with Gasteiger partial charge in [0.2, 0.25) is 0 Å². The van der Waals surface area contributed by atoms with Gasteiger partial charge in [-0.05, 0) is 53.4 Å². The molecule has 6 heteroatoms. The first-order valence-corrected chi connectivity index (χ1v) is 11.4. The molecule has 0 bridgehead atoms. The zero-order valence-electron chi connectivity index (χ0n) is 20.0. The lowest BCUT2D eigenvalue weighted by molar-refractivity contribution is -0.153. The maximum atomic E-state index is 13.5. The Morgan fingerprint density at radius 2 is 1.97 bits per heavy atom. The molecule has 1 saturated carbocycles. The third-order valence-corrected chi connectivity index (χ3v) is 8.39. The van der Waals surface area contributed by atoms with Crippen LogP contribution in [0.15, 0.2) is 59.0 Å². The highest BCUT2D eigenvalue weighted by Crippen LogP contribution is 2.62. The zero-order valence-corrected chi connectivity index (χ0v) is 20.0. The molecule has 5 atom stereocenters. The van der Waals surface area contributed by atoms with E-state index in [-0.39, 0.29) is 30.0 Å². The Morgan fingerprint density at radius 1 is 1.24 bits per heavy atom. The van der Waals surface area contributed by atoms with Gasteiger partial charge in [0.25, 0.3) is 0 Å². The van der Waals surface area contributed by atoms with Crippen molar-refractivity contribution in [2.24, 2.45) is 28.1 Å². The highest BCUT2D eigenvalue weighted by molar-refractivity contribution is 5.97. The van der Waals surface area contributed by atoms with Crippen LogP contribution in [-0.2, 0) is 23.9 Å². The predicted molar refractivity (Wildman–Crippen MR) is 122 cm³/mol. The highest BCUT2D eigenvalue weighted by atomic mass is 16.5. The summed E-state index contributed by atoms with van der Waals surface area (Å²) in [6.45, 7) is 12.5. The van der Waals surface area contributed by atoms with E-state index in [0.717, 1.165) is 16.7 Å². The Bertz CT molecular complexity index is 1060. The van der Waals surface area contributed by atoms with Gasteiger partial charge in [0.15, 0.2) is 5.78 Å². The molecule has 1 fully saturated rings. The summed E-state index contributed by atoms with van der Waals surface area (Å²) in [4.78, 5) is 38.4. The van der Waals surface area contributed by atoms with Crippen molar-refractivity contribution < 1.29 is 28.3 Å². The molecule has 0 unspecified atom stereocenters. The van der Waals surface area contributed by atoms with Crippen LogP contribution in [0.2, 0.25) is 0 Å². The topological polar surface area (TPSA) is 82.8 Å². The second-order valence-corrected chi connectivity index (χ2v) is 10.6. The van der Waals surface area contributed by atoms with Crippen LogP contribution in [0, 0.1) is 28.1 Å². The zero-order chi connectivity index (χ0) is 24.2. The predicted octanol–water partition coefficient (Wildman–Crippen LogP) is 5.13. The van der Waals surface area contributed by atoms with Gasteiger partial charge in [0.05, 0.1) is 26.1 Å². The van der Waals surface area contributed by atoms with Crippen LogP contribution >= 0.6 is 0 Å². The fourth-order valence-corrected chi connectivity index (χ4v) is 6.43. The Morgan fingerprint density at radius 3 is 2.61 bits per heavy atom. The SMILES string of the molecule is C=C1C2=CC(=O)O[C@@H](c3ccoc3)[C@]2(C)CC[C@@H]1[C@]1(C)C(=O)C=CC(C)(C)[C@H]1CC(=O)OC. The summed E-state index contributed by atoms with van der Waals surface area (Å²) in [7, 11) is 1.37. The summed E-state index contributed by atoms with van der Waals surface area (Å²) in [6, 6.07) is 1.81. The van der Waals surface area contributed by atoms with Gasteiger partial charge in [-0.25, -0.2) is 4.79 Å². The fourth-order valence-electron chi connectivity index (χ4n) is 6.43. The molecule has 3 aliphatic rings. The van der Waals surface area contributed by atoms with Crippen LogP contribution in [-0.4, -0.2) is 24.8 Å². The normalized spacial score (nSPS) is 35.5. The summed E-state index contributed by atoms with van der Waals surface area (Å²) in [6.07, 6.45) is 9.27. The van der Waals surface area contributed by atoms with Crippen LogP contribution in [0.3, 0.4) is 0 Å². The Kier molecular flexibility index (Phi) is 5.54. The molecule has 1 aromatic heterocycles. The lowest BCUT2D eigenvalue weighted by Gasteiger charge is -2.55. The van der Waals surface area contributed by atoms with E-state index in [2.05, 4.69) is 13.5 Å². The molecule has 0 saturated heterocycles. The van der Waals surface area contributed by atoms with E-state index >= 15 is 0 Å². The molecule has 0 spiro atoms. The van der Waals surface area contributed by atoms with Crippen LogP contribution < -0.4 is 0 Å². The number of esters is 2. The minimum absolute atomic E-state index is 0.0177. The Balaban J connectivity index is 1.77. The third kappa shape index (κ3) is 3.51. The summed E-state index contributed by atoms with van der Waals surface area (Å²) in [5.74, 6) is -1.28. The van der Waals surface area contributed by atoms with Crippen molar-refractivity contribution in [1.29, 1.82) is 0 Å². The summed E-state index contributed by atoms with van der Waals surface area (Å²) in [5.41, 5.74) is 0.651. The summed E-state index contributed by atoms with van der Waals surface area (Å²) >= 11 is 0. The lowest BCUT2D eigenvalue weighted by atomic mass is 9.48. The van der Waals surface area contributed by atoms with Gasteiger partial charge < -0.3 is 13.9 Å². The van der Waals surface area contributed by atoms with E-state index in [9.17, 15) is 14.4 Å². The number of allylic oxidation sites excluding steroid dienone is 3. The van der Waals surface area contributed by atoms with Crippen molar-refractivity contribution in [1.82, 2.24) is 0 Å². The summed E-state index contributed by atoms with van der Waals surface area (Å²) < 4.78 is 16.0. The summed E-state index contributed by atoms with van der Waals surface area (Å²) in [5, 5.41) is 0. The second-order valence-electron chi connectivity index (χ2n) is 10.6. The smallest absolute Gasteiger partial charge is 0.331 e. The number of methoxy groups -OCH3 is 1. The first kappa shape index (κ1) is 23.3. The van der Waals surface area contributed by atoms with Gasteiger partial charge in [-0.3, -0.25) is 9.59 Å². The van der Waals surface area contributed by atoms with E-state index in [0.29, 0.717) is 12.8 Å². The van der Waals surface area contributed by atoms with Crippen molar-refractivity contribution in [3.63, 3.8) is 0 Å². The molecule has 0 N–H and O–H groups in total. The van der Waals surface area contributed by atoms with E-state index in [1.165, 1.54) is 13.2 Å². The van der Waals surface area contributed by atoms with E-state index in [1.807, 2.05) is 32.9 Å². The molecule has 176 valence electrons. The average Bonchev–Trinajstić information content (AvgIpc) is 3.29. The van der Waals surface area contributed by atoms with Crippen molar-refractivity contribution in [3.05, 3.63) is 60.1 Å². The first-order valence-electron chi connectivity index (χ1n) is 11.4. The fraction of sp³-hybridized carbons (Fsp3) is 0.519. The van der Waals surface area contributed by atoms with Crippen molar-refractivity contribution in [3.8, 4) is 0 Å². The van der Waals surface area contributed by atoms with Crippen LogP contribution in [0.25, 0.3) is 0 Å². The number of hydrogen-bond donors (Lipinski definition) is 0. The van der Waals surface area contributed by atoms with Crippen LogP contribution in [0.4, 0.5) is 0 Å². The van der Waals surface area contributed by atoms with Gasteiger partial charge in [-0.2, -0.15) is 0 Å². The maximum absolute atomic E-state index is 13.5. The number of fused-ring (bicyclic) bond motifs is 1. The van der Waals surface area contributed by atoms with Crippen molar-refractivity contribution in [2.45, 2.75) is 53.1 Å². The number of ether oxygens (including phenoxy) is 2. The van der Waals surface area contributed by atoms with E-state index < -0.39 is 28.3 Å². The number of carbonyl (C=O) groups is 3. The van der Waals surface area contributed by atoms with E-state index in [1.54, 1.807) is 18.6 Å². The number of carbonyl (C=O) groups excluding carboxylic acids is 3. The molecule has 2 aliphatic carbocycles. The Labute approximate surface area is 194 Å². The van der Waals surface area contributed by atoms with Crippen molar-refractivity contribution in [2.75, 3.05) is 7.11 Å². The largest absolute Gasteiger partial charge is 0.472 e. The van der Waals surface area contributed by atoms with E-state index in [4.69, 9.17) is 13.9 Å². The molecule has 1 aliphatic heterocycles. The molecule has 0 aromatic carbocycles. The molecule has 6 nitrogen and oxygen atoms in total. The minimum Gasteiger partial charge on any atom is -0.472 e.